The summed E-state index contributed by atoms with van der Waals surface area (Å²) in [5.41, 5.74) is 1.20. The van der Waals surface area contributed by atoms with Crippen molar-refractivity contribution >= 4 is 11.6 Å². The van der Waals surface area contributed by atoms with Gasteiger partial charge in [0, 0.05) is 16.7 Å². The molecule has 0 unspecified atom stereocenters. The number of ether oxygens (including phenoxy) is 1. The molecular formula is C14H10ClF2N5O. The van der Waals surface area contributed by atoms with Crippen LogP contribution >= 0.6 is 11.6 Å². The molecule has 3 aromatic rings. The third kappa shape index (κ3) is 3.11. The lowest BCUT2D eigenvalue weighted by Gasteiger charge is -2.09. The van der Waals surface area contributed by atoms with Gasteiger partial charge >= 0.3 is 0 Å². The van der Waals surface area contributed by atoms with Crippen LogP contribution in [0.3, 0.4) is 0 Å². The molecule has 0 aliphatic heterocycles. The first-order valence-corrected chi connectivity index (χ1v) is 6.83. The van der Waals surface area contributed by atoms with E-state index in [2.05, 4.69) is 20.3 Å². The fourth-order valence-corrected chi connectivity index (χ4v) is 2.18. The zero-order chi connectivity index (χ0) is 16.4. The van der Waals surface area contributed by atoms with Crippen molar-refractivity contribution in [3.8, 4) is 22.8 Å². The fraction of sp³-hybridized carbons (Fsp3) is 0.143. The largest absolute Gasteiger partial charge is 0.481 e. The molecule has 118 valence electrons. The average molecular weight is 338 g/mol. The molecule has 0 aliphatic carbocycles. The number of hydrogen-bond acceptors (Lipinski definition) is 5. The van der Waals surface area contributed by atoms with E-state index in [0.29, 0.717) is 27.8 Å². The highest BCUT2D eigenvalue weighted by Gasteiger charge is 2.16. The van der Waals surface area contributed by atoms with E-state index in [9.17, 15) is 8.78 Å². The van der Waals surface area contributed by atoms with Gasteiger partial charge in [0.05, 0.1) is 24.7 Å². The number of aromatic nitrogens is 5. The van der Waals surface area contributed by atoms with Crippen LogP contribution in [-0.2, 0) is 0 Å². The maximum Gasteiger partial charge on any atom is 0.283 e. The number of benzene rings is 1. The number of hydrogen-bond donors (Lipinski definition) is 0. The summed E-state index contributed by atoms with van der Waals surface area (Å²) in [6.07, 6.45) is -0.195. The monoisotopic (exact) mass is 337 g/mol. The SMILES string of the molecule is COc1cc(-c2cc(Cl)ccc2-n2cc(C(F)F)nn2)ncn1. The average Bonchev–Trinajstić information content (AvgIpc) is 3.05. The second-order valence-electron chi connectivity index (χ2n) is 4.50. The van der Waals surface area contributed by atoms with E-state index in [-0.39, 0.29) is 0 Å². The molecule has 0 aliphatic rings. The Kier molecular flexibility index (Phi) is 4.16. The van der Waals surface area contributed by atoms with Gasteiger partial charge < -0.3 is 4.74 Å². The Hall–Kier alpha value is -2.61. The molecule has 0 spiro atoms. The van der Waals surface area contributed by atoms with Crippen molar-refractivity contribution in [2.24, 2.45) is 0 Å². The fourth-order valence-electron chi connectivity index (χ4n) is 2.01. The molecule has 23 heavy (non-hydrogen) atoms. The summed E-state index contributed by atoms with van der Waals surface area (Å²) in [5, 5.41) is 7.66. The van der Waals surface area contributed by atoms with Gasteiger partial charge in [-0.3, -0.25) is 0 Å². The molecule has 0 bridgehead atoms. The van der Waals surface area contributed by atoms with Crippen molar-refractivity contribution in [1.29, 1.82) is 0 Å². The molecule has 2 aromatic heterocycles. The summed E-state index contributed by atoms with van der Waals surface area (Å²) in [4.78, 5) is 8.10. The van der Waals surface area contributed by atoms with Crippen molar-refractivity contribution in [3.05, 3.63) is 47.5 Å². The number of alkyl halides is 2. The number of methoxy groups -OCH3 is 1. The van der Waals surface area contributed by atoms with E-state index >= 15 is 0 Å². The van der Waals surface area contributed by atoms with Crippen LogP contribution in [0.5, 0.6) is 5.88 Å². The Labute approximate surface area is 134 Å². The Morgan fingerprint density at radius 2 is 2.04 bits per heavy atom. The van der Waals surface area contributed by atoms with Crippen LogP contribution in [0.25, 0.3) is 16.9 Å². The Morgan fingerprint density at radius 1 is 1.22 bits per heavy atom. The first-order valence-electron chi connectivity index (χ1n) is 6.45. The lowest BCUT2D eigenvalue weighted by molar-refractivity contribution is 0.146. The standard InChI is InChI=1S/C14H10ClF2N5O/c1-23-13-5-10(18-7-19-13)9-4-8(15)2-3-12(9)22-6-11(14(16)17)20-21-22/h2-7,14H,1H3. The van der Waals surface area contributed by atoms with Crippen LogP contribution in [0.15, 0.2) is 36.8 Å². The third-order valence-electron chi connectivity index (χ3n) is 3.07. The molecule has 0 N–H and O–H groups in total. The summed E-state index contributed by atoms with van der Waals surface area (Å²) < 4.78 is 31.7. The Bertz CT molecular complexity index is 840. The van der Waals surface area contributed by atoms with Crippen LogP contribution in [0, 0.1) is 0 Å². The molecule has 6 nitrogen and oxygen atoms in total. The Balaban J connectivity index is 2.14. The van der Waals surface area contributed by atoms with E-state index < -0.39 is 12.1 Å². The predicted octanol–water partition coefficient (Wildman–Crippen LogP) is 3.32. The minimum Gasteiger partial charge on any atom is -0.481 e. The minimum atomic E-state index is -2.70. The molecule has 1 aromatic carbocycles. The highest BCUT2D eigenvalue weighted by molar-refractivity contribution is 6.31. The first kappa shape index (κ1) is 15.3. The number of halogens is 3. The Morgan fingerprint density at radius 3 is 2.74 bits per heavy atom. The van der Waals surface area contributed by atoms with E-state index in [1.54, 1.807) is 24.3 Å². The number of nitrogens with zero attached hydrogens (tertiary/aromatic N) is 5. The molecule has 2 heterocycles. The molecule has 3 rings (SSSR count). The lowest BCUT2D eigenvalue weighted by Crippen LogP contribution is -2.00. The summed E-state index contributed by atoms with van der Waals surface area (Å²) >= 11 is 6.04. The van der Waals surface area contributed by atoms with Crippen molar-refractivity contribution in [2.45, 2.75) is 6.43 Å². The zero-order valence-electron chi connectivity index (χ0n) is 11.8. The summed E-state index contributed by atoms with van der Waals surface area (Å²) in [5.74, 6) is 0.368. The molecule has 0 saturated carbocycles. The maximum atomic E-state index is 12.7. The van der Waals surface area contributed by atoms with Gasteiger partial charge in [-0.15, -0.1) is 5.10 Å². The van der Waals surface area contributed by atoms with Crippen molar-refractivity contribution < 1.29 is 13.5 Å². The van der Waals surface area contributed by atoms with Crippen molar-refractivity contribution in [2.75, 3.05) is 7.11 Å². The molecule has 0 saturated heterocycles. The van der Waals surface area contributed by atoms with E-state index in [1.807, 2.05) is 0 Å². The third-order valence-corrected chi connectivity index (χ3v) is 3.30. The quantitative estimate of drug-likeness (QED) is 0.730. The van der Waals surface area contributed by atoms with Gasteiger partial charge in [-0.2, -0.15) is 0 Å². The van der Waals surface area contributed by atoms with Gasteiger partial charge in [0.2, 0.25) is 5.88 Å². The van der Waals surface area contributed by atoms with Crippen molar-refractivity contribution in [3.63, 3.8) is 0 Å². The molecular weight excluding hydrogens is 328 g/mol. The number of rotatable bonds is 4. The van der Waals surface area contributed by atoms with Crippen LogP contribution in [0.2, 0.25) is 5.02 Å². The van der Waals surface area contributed by atoms with Gasteiger partial charge in [0.15, 0.2) is 0 Å². The molecule has 0 amide bonds. The summed E-state index contributed by atoms with van der Waals surface area (Å²) in [7, 11) is 1.48. The van der Waals surface area contributed by atoms with Gasteiger partial charge in [-0.05, 0) is 18.2 Å². The maximum absolute atomic E-state index is 12.7. The van der Waals surface area contributed by atoms with Crippen molar-refractivity contribution in [1.82, 2.24) is 25.0 Å². The summed E-state index contributed by atoms with van der Waals surface area (Å²) in [6.45, 7) is 0. The van der Waals surface area contributed by atoms with Crippen LogP contribution in [0.1, 0.15) is 12.1 Å². The molecule has 0 atom stereocenters. The van der Waals surface area contributed by atoms with Gasteiger partial charge in [0.1, 0.15) is 12.0 Å². The van der Waals surface area contributed by atoms with E-state index in [0.717, 1.165) is 6.20 Å². The molecule has 0 radical (unpaired) electrons. The van der Waals surface area contributed by atoms with E-state index in [1.165, 1.54) is 18.1 Å². The normalized spacial score (nSPS) is 11.0. The zero-order valence-corrected chi connectivity index (χ0v) is 12.6. The smallest absolute Gasteiger partial charge is 0.283 e. The van der Waals surface area contributed by atoms with Gasteiger partial charge in [0.25, 0.3) is 6.43 Å². The van der Waals surface area contributed by atoms with E-state index in [4.69, 9.17) is 16.3 Å². The van der Waals surface area contributed by atoms with Gasteiger partial charge in [-0.1, -0.05) is 16.8 Å². The highest BCUT2D eigenvalue weighted by Crippen LogP contribution is 2.30. The second kappa shape index (κ2) is 6.25. The molecule has 9 heteroatoms. The summed E-state index contributed by atoms with van der Waals surface area (Å²) in [6, 6.07) is 6.54. The lowest BCUT2D eigenvalue weighted by atomic mass is 10.1. The second-order valence-corrected chi connectivity index (χ2v) is 4.93. The molecule has 0 fully saturated rings. The van der Waals surface area contributed by atoms with Crippen LogP contribution < -0.4 is 4.74 Å². The minimum absolute atomic E-state index is 0.368. The van der Waals surface area contributed by atoms with Crippen LogP contribution in [0.4, 0.5) is 8.78 Å². The first-order chi connectivity index (χ1) is 11.1. The van der Waals surface area contributed by atoms with Gasteiger partial charge in [-0.25, -0.2) is 23.4 Å². The van der Waals surface area contributed by atoms with Crippen LogP contribution in [-0.4, -0.2) is 32.1 Å². The highest BCUT2D eigenvalue weighted by atomic mass is 35.5. The topological polar surface area (TPSA) is 65.7 Å². The predicted molar refractivity (Wildman–Crippen MR) is 78.9 cm³/mol.